The van der Waals surface area contributed by atoms with Gasteiger partial charge in [0.05, 0.1) is 18.3 Å². The van der Waals surface area contributed by atoms with E-state index in [1.54, 1.807) is 17.0 Å². The summed E-state index contributed by atoms with van der Waals surface area (Å²) < 4.78 is 5.57. The zero-order valence-electron chi connectivity index (χ0n) is 15.0. The quantitative estimate of drug-likeness (QED) is 0.872. The molecule has 2 aromatic carbocycles. The number of phenolic OH excluding ortho intramolecular Hbond substituents is 1. The lowest BCUT2D eigenvalue weighted by molar-refractivity contribution is -0.125. The third-order valence-electron chi connectivity index (χ3n) is 5.18. The number of fused-ring (bicyclic) bond motifs is 2. The van der Waals surface area contributed by atoms with Crippen LogP contribution in [0.15, 0.2) is 42.5 Å². The van der Waals surface area contributed by atoms with Gasteiger partial charge in [0.1, 0.15) is 18.1 Å². The molecule has 2 aliphatic rings. The van der Waals surface area contributed by atoms with Crippen molar-refractivity contribution in [3.8, 4) is 11.5 Å². The Bertz CT molecular complexity index is 880. The minimum atomic E-state index is -0.147. The van der Waals surface area contributed by atoms with Gasteiger partial charge in [0.15, 0.2) is 0 Å². The molecule has 0 aromatic heterocycles. The molecule has 0 radical (unpaired) electrons. The van der Waals surface area contributed by atoms with Gasteiger partial charge in [-0.05, 0) is 42.2 Å². The molecule has 27 heavy (non-hydrogen) atoms. The number of hydrogen-bond donors (Lipinski definition) is 2. The first-order valence-electron chi connectivity index (χ1n) is 9.26. The number of amides is 2. The first-order valence-corrected chi connectivity index (χ1v) is 9.26. The summed E-state index contributed by atoms with van der Waals surface area (Å²) in [6, 6.07) is 12.7. The Balaban J connectivity index is 1.34. The summed E-state index contributed by atoms with van der Waals surface area (Å²) in [5.41, 5.74) is 2.63. The SMILES string of the molecule is O=C(CCC(=O)N1CCOc2ccccc21)N[C@@H]1CCc2c(O)cccc21. The number of carbonyl (C=O) groups is 2. The van der Waals surface area contributed by atoms with E-state index in [0.717, 1.165) is 29.7 Å². The first-order chi connectivity index (χ1) is 13.1. The van der Waals surface area contributed by atoms with E-state index in [1.165, 1.54) is 0 Å². The topological polar surface area (TPSA) is 78.9 Å². The van der Waals surface area contributed by atoms with E-state index in [4.69, 9.17) is 4.74 Å². The summed E-state index contributed by atoms with van der Waals surface area (Å²) in [6.07, 6.45) is 1.81. The van der Waals surface area contributed by atoms with E-state index in [1.807, 2.05) is 30.3 Å². The van der Waals surface area contributed by atoms with Gasteiger partial charge in [0.2, 0.25) is 11.8 Å². The molecule has 0 fully saturated rings. The van der Waals surface area contributed by atoms with E-state index >= 15 is 0 Å². The highest BCUT2D eigenvalue weighted by Gasteiger charge is 2.27. The molecule has 1 aliphatic heterocycles. The van der Waals surface area contributed by atoms with Crippen LogP contribution >= 0.6 is 0 Å². The monoisotopic (exact) mass is 366 g/mol. The number of ether oxygens (including phenoxy) is 1. The van der Waals surface area contributed by atoms with Gasteiger partial charge in [-0.15, -0.1) is 0 Å². The van der Waals surface area contributed by atoms with Crippen molar-refractivity contribution >= 4 is 17.5 Å². The van der Waals surface area contributed by atoms with Crippen LogP contribution in [-0.2, 0) is 16.0 Å². The summed E-state index contributed by atoms with van der Waals surface area (Å²) in [6.45, 7) is 0.948. The Morgan fingerprint density at radius 1 is 1.15 bits per heavy atom. The molecule has 6 nitrogen and oxygen atoms in total. The van der Waals surface area contributed by atoms with Crippen LogP contribution in [0.2, 0.25) is 0 Å². The van der Waals surface area contributed by atoms with Gasteiger partial charge in [-0.2, -0.15) is 0 Å². The molecular formula is C21H22N2O4. The van der Waals surface area contributed by atoms with Crippen LogP contribution in [0.3, 0.4) is 0 Å². The number of para-hydroxylation sites is 2. The molecular weight excluding hydrogens is 344 g/mol. The summed E-state index contributed by atoms with van der Waals surface area (Å²) in [7, 11) is 0. The second-order valence-corrected chi connectivity index (χ2v) is 6.87. The highest BCUT2D eigenvalue weighted by Crippen LogP contribution is 2.36. The molecule has 2 aromatic rings. The molecule has 0 unspecified atom stereocenters. The largest absolute Gasteiger partial charge is 0.508 e. The Morgan fingerprint density at radius 2 is 2.00 bits per heavy atom. The zero-order chi connectivity index (χ0) is 18.8. The number of carbonyl (C=O) groups excluding carboxylic acids is 2. The van der Waals surface area contributed by atoms with E-state index in [0.29, 0.717) is 18.9 Å². The summed E-state index contributed by atoms with van der Waals surface area (Å²) >= 11 is 0. The van der Waals surface area contributed by atoms with Gasteiger partial charge in [-0.3, -0.25) is 9.59 Å². The van der Waals surface area contributed by atoms with Crippen LogP contribution < -0.4 is 15.0 Å². The van der Waals surface area contributed by atoms with Crippen molar-refractivity contribution in [3.05, 3.63) is 53.6 Å². The predicted octanol–water partition coefficient (Wildman–Crippen LogP) is 2.70. The fourth-order valence-corrected chi connectivity index (χ4v) is 3.84. The van der Waals surface area contributed by atoms with Crippen LogP contribution in [0, 0.1) is 0 Å². The maximum atomic E-state index is 12.6. The Hall–Kier alpha value is -3.02. The summed E-state index contributed by atoms with van der Waals surface area (Å²) in [4.78, 5) is 26.6. The summed E-state index contributed by atoms with van der Waals surface area (Å²) in [5.74, 6) is 0.755. The zero-order valence-corrected chi connectivity index (χ0v) is 15.0. The van der Waals surface area contributed by atoms with Gasteiger partial charge >= 0.3 is 0 Å². The van der Waals surface area contributed by atoms with Crippen molar-refractivity contribution in [1.82, 2.24) is 5.32 Å². The van der Waals surface area contributed by atoms with Gasteiger partial charge in [-0.1, -0.05) is 24.3 Å². The number of benzene rings is 2. The number of nitrogens with one attached hydrogen (secondary N) is 1. The molecule has 0 saturated carbocycles. The van der Waals surface area contributed by atoms with Crippen molar-refractivity contribution in [2.24, 2.45) is 0 Å². The third-order valence-corrected chi connectivity index (χ3v) is 5.18. The molecule has 1 heterocycles. The molecule has 140 valence electrons. The standard InChI is InChI=1S/C21H22N2O4/c24-18-6-3-4-14-15(18)8-9-16(14)22-20(25)10-11-21(26)23-12-13-27-19-7-2-1-5-17(19)23/h1-7,16,24H,8-13H2,(H,22,25)/t16-/m1/s1. The Labute approximate surface area is 157 Å². The molecule has 1 aliphatic carbocycles. The van der Waals surface area contributed by atoms with Crippen molar-refractivity contribution < 1.29 is 19.4 Å². The van der Waals surface area contributed by atoms with Crippen molar-refractivity contribution in [3.63, 3.8) is 0 Å². The van der Waals surface area contributed by atoms with Gasteiger partial charge in [-0.25, -0.2) is 0 Å². The van der Waals surface area contributed by atoms with Crippen molar-refractivity contribution in [2.45, 2.75) is 31.7 Å². The van der Waals surface area contributed by atoms with Gasteiger partial charge < -0.3 is 20.1 Å². The molecule has 6 heteroatoms. The number of hydrogen-bond acceptors (Lipinski definition) is 4. The van der Waals surface area contributed by atoms with E-state index < -0.39 is 0 Å². The molecule has 1 atom stereocenters. The fourth-order valence-electron chi connectivity index (χ4n) is 3.84. The van der Waals surface area contributed by atoms with Gasteiger partial charge in [0.25, 0.3) is 0 Å². The Morgan fingerprint density at radius 3 is 2.89 bits per heavy atom. The van der Waals surface area contributed by atoms with Crippen LogP contribution in [0.25, 0.3) is 0 Å². The smallest absolute Gasteiger partial charge is 0.227 e. The Kier molecular flexibility index (Phi) is 4.71. The van der Waals surface area contributed by atoms with Crippen molar-refractivity contribution in [1.29, 1.82) is 0 Å². The molecule has 0 bridgehead atoms. The molecule has 0 saturated heterocycles. The minimum Gasteiger partial charge on any atom is -0.508 e. The number of anilines is 1. The second kappa shape index (κ2) is 7.31. The molecule has 0 spiro atoms. The number of nitrogens with zero attached hydrogens (tertiary/aromatic N) is 1. The van der Waals surface area contributed by atoms with E-state index in [9.17, 15) is 14.7 Å². The maximum Gasteiger partial charge on any atom is 0.227 e. The number of phenols is 1. The lowest BCUT2D eigenvalue weighted by Gasteiger charge is -2.29. The summed E-state index contributed by atoms with van der Waals surface area (Å²) in [5, 5.41) is 12.9. The van der Waals surface area contributed by atoms with E-state index in [-0.39, 0.29) is 36.4 Å². The predicted molar refractivity (Wildman–Crippen MR) is 101 cm³/mol. The third kappa shape index (κ3) is 3.47. The lowest BCUT2D eigenvalue weighted by atomic mass is 10.1. The number of aromatic hydroxyl groups is 1. The lowest BCUT2D eigenvalue weighted by Crippen LogP contribution is -2.38. The molecule has 4 rings (SSSR count). The highest BCUT2D eigenvalue weighted by molar-refractivity contribution is 5.97. The fraction of sp³-hybridized carbons (Fsp3) is 0.333. The van der Waals surface area contributed by atoms with Crippen LogP contribution in [0.4, 0.5) is 5.69 Å². The molecule has 2 amide bonds. The number of rotatable bonds is 4. The van der Waals surface area contributed by atoms with Crippen molar-refractivity contribution in [2.75, 3.05) is 18.1 Å². The van der Waals surface area contributed by atoms with Gasteiger partial charge in [0, 0.05) is 12.8 Å². The van der Waals surface area contributed by atoms with E-state index in [2.05, 4.69) is 5.32 Å². The normalized spacial score (nSPS) is 17.6. The second-order valence-electron chi connectivity index (χ2n) is 6.87. The highest BCUT2D eigenvalue weighted by atomic mass is 16.5. The average Bonchev–Trinajstić information content (AvgIpc) is 3.10. The van der Waals surface area contributed by atoms with Crippen LogP contribution in [-0.4, -0.2) is 30.1 Å². The first kappa shape index (κ1) is 17.4. The maximum absolute atomic E-state index is 12.6. The molecule has 2 N–H and O–H groups in total. The van der Waals surface area contributed by atoms with Crippen LogP contribution in [0.5, 0.6) is 11.5 Å². The van der Waals surface area contributed by atoms with Crippen LogP contribution in [0.1, 0.15) is 36.4 Å². The minimum absolute atomic E-state index is 0.0784. The average molecular weight is 366 g/mol.